The first kappa shape index (κ1) is 16.7. The number of amides is 1. The minimum Gasteiger partial charge on any atom is -0.369 e. The van der Waals surface area contributed by atoms with Crippen LogP contribution in [-0.2, 0) is 14.8 Å². The number of primary sulfonamides is 1. The van der Waals surface area contributed by atoms with Crippen molar-refractivity contribution in [3.8, 4) is 0 Å². The number of carbonyl (C=O) groups is 1. The van der Waals surface area contributed by atoms with Gasteiger partial charge in [0, 0.05) is 24.7 Å². The predicted octanol–water partition coefficient (Wildman–Crippen LogP) is 0.228. The van der Waals surface area contributed by atoms with Crippen molar-refractivity contribution in [2.75, 3.05) is 18.4 Å². The van der Waals surface area contributed by atoms with E-state index in [2.05, 4.69) is 5.32 Å². The van der Waals surface area contributed by atoms with Gasteiger partial charge in [0.05, 0.1) is 4.90 Å². The van der Waals surface area contributed by atoms with Crippen LogP contribution in [0.1, 0.15) is 12.8 Å². The lowest BCUT2D eigenvalue weighted by atomic mass is 9.97. The SMILES string of the molecule is NC(=O)C1CCN(C(=S)Nc2ccc(S(N)(=O)=O)cc2)CC1. The van der Waals surface area contributed by atoms with Crippen LogP contribution in [0.2, 0.25) is 0 Å². The number of nitrogens with zero attached hydrogens (tertiary/aromatic N) is 1. The molecule has 0 atom stereocenters. The number of nitrogens with one attached hydrogen (secondary N) is 1. The minimum absolute atomic E-state index is 0.0474. The molecule has 1 fully saturated rings. The molecule has 1 heterocycles. The molecule has 1 aliphatic heterocycles. The van der Waals surface area contributed by atoms with Crippen LogP contribution in [0.4, 0.5) is 5.69 Å². The number of piperidine rings is 1. The number of carbonyl (C=O) groups excluding carboxylic acids is 1. The molecule has 22 heavy (non-hydrogen) atoms. The third-order valence-electron chi connectivity index (χ3n) is 3.62. The monoisotopic (exact) mass is 342 g/mol. The second-order valence-electron chi connectivity index (χ2n) is 5.16. The van der Waals surface area contributed by atoms with Crippen LogP contribution in [0.25, 0.3) is 0 Å². The maximum absolute atomic E-state index is 11.2. The summed E-state index contributed by atoms with van der Waals surface area (Å²) in [6.45, 7) is 1.32. The molecule has 0 spiro atoms. The fourth-order valence-corrected chi connectivity index (χ4v) is 3.11. The number of hydrogen-bond acceptors (Lipinski definition) is 4. The van der Waals surface area contributed by atoms with E-state index in [0.29, 0.717) is 36.7 Å². The molecule has 1 aliphatic rings. The summed E-state index contributed by atoms with van der Waals surface area (Å²) >= 11 is 5.32. The van der Waals surface area contributed by atoms with Gasteiger partial charge in [-0.2, -0.15) is 0 Å². The molecular formula is C13H18N4O3S2. The van der Waals surface area contributed by atoms with Gasteiger partial charge < -0.3 is 16.0 Å². The molecule has 9 heteroatoms. The Kier molecular flexibility index (Phi) is 4.99. The Balaban J connectivity index is 1.94. The fourth-order valence-electron chi connectivity index (χ4n) is 2.30. The Labute approximate surface area is 134 Å². The van der Waals surface area contributed by atoms with Gasteiger partial charge in [-0.1, -0.05) is 0 Å². The minimum atomic E-state index is -3.70. The van der Waals surface area contributed by atoms with Crippen molar-refractivity contribution in [1.82, 2.24) is 4.90 Å². The van der Waals surface area contributed by atoms with Crippen molar-refractivity contribution in [3.63, 3.8) is 0 Å². The number of rotatable bonds is 3. The molecule has 5 N–H and O–H groups in total. The molecule has 0 bridgehead atoms. The first-order valence-corrected chi connectivity index (χ1v) is 8.71. The van der Waals surface area contributed by atoms with E-state index in [-0.39, 0.29) is 16.7 Å². The van der Waals surface area contributed by atoms with E-state index in [0.717, 1.165) is 0 Å². The van der Waals surface area contributed by atoms with Crippen molar-refractivity contribution in [2.45, 2.75) is 17.7 Å². The van der Waals surface area contributed by atoms with Crippen LogP contribution in [0.5, 0.6) is 0 Å². The van der Waals surface area contributed by atoms with Crippen molar-refractivity contribution < 1.29 is 13.2 Å². The summed E-state index contributed by atoms with van der Waals surface area (Å²) in [7, 11) is -3.70. The van der Waals surface area contributed by atoms with E-state index < -0.39 is 10.0 Å². The lowest BCUT2D eigenvalue weighted by Gasteiger charge is -2.32. The van der Waals surface area contributed by atoms with Crippen molar-refractivity contribution in [3.05, 3.63) is 24.3 Å². The van der Waals surface area contributed by atoms with Crippen LogP contribution >= 0.6 is 12.2 Å². The van der Waals surface area contributed by atoms with Crippen molar-refractivity contribution >= 4 is 38.9 Å². The van der Waals surface area contributed by atoms with Gasteiger partial charge in [0.2, 0.25) is 15.9 Å². The Morgan fingerprint density at radius 3 is 2.23 bits per heavy atom. The van der Waals surface area contributed by atoms with E-state index in [1.165, 1.54) is 12.1 Å². The van der Waals surface area contributed by atoms with Crippen LogP contribution in [0.3, 0.4) is 0 Å². The normalized spacial score (nSPS) is 16.3. The molecule has 1 amide bonds. The van der Waals surface area contributed by atoms with E-state index >= 15 is 0 Å². The second kappa shape index (κ2) is 6.59. The number of nitrogens with two attached hydrogens (primary N) is 2. The maximum Gasteiger partial charge on any atom is 0.238 e. The maximum atomic E-state index is 11.2. The molecule has 1 saturated heterocycles. The third kappa shape index (κ3) is 4.15. The van der Waals surface area contributed by atoms with Gasteiger partial charge in [-0.15, -0.1) is 0 Å². The molecule has 0 saturated carbocycles. The first-order valence-electron chi connectivity index (χ1n) is 6.75. The standard InChI is InChI=1S/C13H18N4O3S2/c14-12(18)9-5-7-17(8-6-9)13(21)16-10-1-3-11(4-2-10)22(15,19)20/h1-4,9H,5-8H2,(H2,14,18)(H,16,21)(H2,15,19,20). The number of likely N-dealkylation sites (tertiary alicyclic amines) is 1. The van der Waals surface area contributed by atoms with Gasteiger partial charge in [-0.05, 0) is 49.3 Å². The average Bonchev–Trinajstić information content (AvgIpc) is 2.47. The number of sulfonamides is 1. The lowest BCUT2D eigenvalue weighted by molar-refractivity contribution is -0.122. The summed E-state index contributed by atoms with van der Waals surface area (Å²) < 4.78 is 22.4. The first-order chi connectivity index (χ1) is 10.3. The third-order valence-corrected chi connectivity index (χ3v) is 4.91. The molecule has 0 unspecified atom stereocenters. The Morgan fingerprint density at radius 1 is 1.23 bits per heavy atom. The van der Waals surface area contributed by atoms with Gasteiger partial charge >= 0.3 is 0 Å². The summed E-state index contributed by atoms with van der Waals surface area (Å²) in [6.07, 6.45) is 1.36. The summed E-state index contributed by atoms with van der Waals surface area (Å²) in [6, 6.07) is 6.03. The van der Waals surface area contributed by atoms with E-state index in [1.807, 2.05) is 4.90 Å². The van der Waals surface area contributed by atoms with Crippen LogP contribution in [0, 0.1) is 5.92 Å². The highest BCUT2D eigenvalue weighted by Gasteiger charge is 2.24. The molecule has 0 radical (unpaired) electrons. The second-order valence-corrected chi connectivity index (χ2v) is 7.11. The highest BCUT2D eigenvalue weighted by atomic mass is 32.2. The van der Waals surface area contributed by atoms with Crippen LogP contribution < -0.4 is 16.2 Å². The van der Waals surface area contributed by atoms with Gasteiger partial charge in [-0.3, -0.25) is 4.79 Å². The predicted molar refractivity (Wildman–Crippen MR) is 87.5 cm³/mol. The number of primary amides is 1. The largest absolute Gasteiger partial charge is 0.369 e. The van der Waals surface area contributed by atoms with Crippen LogP contribution in [-0.4, -0.2) is 37.4 Å². The summed E-state index contributed by atoms with van der Waals surface area (Å²) in [5.74, 6) is -0.356. The Bertz CT molecular complexity index is 665. The quantitative estimate of drug-likeness (QED) is 0.677. The molecule has 1 aromatic rings. The topological polar surface area (TPSA) is 119 Å². The Morgan fingerprint density at radius 2 is 1.77 bits per heavy atom. The van der Waals surface area contributed by atoms with E-state index in [1.54, 1.807) is 12.1 Å². The number of benzene rings is 1. The molecule has 120 valence electrons. The van der Waals surface area contributed by atoms with Gasteiger partial charge in [0.15, 0.2) is 5.11 Å². The number of anilines is 1. The fraction of sp³-hybridized carbons (Fsp3) is 0.385. The average molecular weight is 342 g/mol. The smallest absolute Gasteiger partial charge is 0.238 e. The van der Waals surface area contributed by atoms with Gasteiger partial charge in [0.1, 0.15) is 0 Å². The van der Waals surface area contributed by atoms with E-state index in [4.69, 9.17) is 23.1 Å². The zero-order chi connectivity index (χ0) is 16.3. The zero-order valence-electron chi connectivity index (χ0n) is 11.9. The molecule has 0 aliphatic carbocycles. The van der Waals surface area contributed by atoms with Crippen LogP contribution in [0.15, 0.2) is 29.2 Å². The summed E-state index contributed by atoms with van der Waals surface area (Å²) in [5, 5.41) is 8.62. The summed E-state index contributed by atoms with van der Waals surface area (Å²) in [5.41, 5.74) is 5.97. The van der Waals surface area contributed by atoms with E-state index in [9.17, 15) is 13.2 Å². The Hall–Kier alpha value is -1.71. The molecular weight excluding hydrogens is 324 g/mol. The van der Waals surface area contributed by atoms with Gasteiger partial charge in [-0.25, -0.2) is 13.6 Å². The number of hydrogen-bond donors (Lipinski definition) is 3. The summed E-state index contributed by atoms with van der Waals surface area (Å²) in [4.78, 5) is 13.1. The van der Waals surface area contributed by atoms with Gasteiger partial charge in [0.25, 0.3) is 0 Å². The lowest BCUT2D eigenvalue weighted by Crippen LogP contribution is -2.43. The molecule has 7 nitrogen and oxygen atoms in total. The highest BCUT2D eigenvalue weighted by molar-refractivity contribution is 7.89. The number of thiocarbonyl (C=S) groups is 1. The zero-order valence-corrected chi connectivity index (χ0v) is 13.5. The molecule has 1 aromatic carbocycles. The molecule has 0 aromatic heterocycles. The van der Waals surface area contributed by atoms with Crippen molar-refractivity contribution in [1.29, 1.82) is 0 Å². The van der Waals surface area contributed by atoms with Crippen molar-refractivity contribution in [2.24, 2.45) is 16.8 Å². The molecule has 2 rings (SSSR count). The highest BCUT2D eigenvalue weighted by Crippen LogP contribution is 2.18.